The lowest BCUT2D eigenvalue weighted by Gasteiger charge is -2.24. The number of benzene rings is 1. The molecule has 0 bridgehead atoms. The van der Waals surface area contributed by atoms with Gasteiger partial charge >= 0.3 is 0 Å². The van der Waals surface area contributed by atoms with Crippen molar-refractivity contribution in [2.75, 3.05) is 46.3 Å². The predicted octanol–water partition coefficient (Wildman–Crippen LogP) is 3.72. The van der Waals surface area contributed by atoms with Gasteiger partial charge in [0.15, 0.2) is 16.6 Å². The monoisotopic (exact) mass is 522 g/mol. The van der Waals surface area contributed by atoms with Crippen molar-refractivity contribution < 1.29 is 23.8 Å². The number of hydrogen-bond donors (Lipinski definition) is 2. The highest BCUT2D eigenvalue weighted by molar-refractivity contribution is 7.14. The van der Waals surface area contributed by atoms with Crippen molar-refractivity contribution in [3.05, 3.63) is 28.8 Å². The zero-order valence-electron chi connectivity index (χ0n) is 19.6. The standard InChI is InChI=1S/C21H30N4O5S.2ClH/c1-7-25(13(2)3)9-8-22-20(27)15-12-31-21(23-15)24-19(26)14-10-17(29-5)18(30-6)11-16(14)28-4;;/h10-13H,7-9H2,1-6H3,(H,22,27)(H,23,24,26);2*1H. The number of aromatic nitrogens is 1. The minimum absolute atomic E-state index is 0. The van der Waals surface area contributed by atoms with Crippen LogP contribution in [0.2, 0.25) is 0 Å². The van der Waals surface area contributed by atoms with Crippen molar-refractivity contribution >= 4 is 53.1 Å². The van der Waals surface area contributed by atoms with Gasteiger partial charge in [-0.25, -0.2) is 4.98 Å². The number of carbonyl (C=O) groups excluding carboxylic acids is 2. The molecule has 2 rings (SSSR count). The predicted molar refractivity (Wildman–Crippen MR) is 135 cm³/mol. The lowest BCUT2D eigenvalue weighted by Crippen LogP contribution is -2.38. The maximum Gasteiger partial charge on any atom is 0.270 e. The summed E-state index contributed by atoms with van der Waals surface area (Å²) in [5, 5.41) is 7.48. The number of halogens is 2. The van der Waals surface area contributed by atoms with Gasteiger partial charge in [-0.05, 0) is 20.4 Å². The normalized spacial score (nSPS) is 10.2. The minimum Gasteiger partial charge on any atom is -0.496 e. The van der Waals surface area contributed by atoms with Crippen LogP contribution in [-0.2, 0) is 0 Å². The number of nitrogens with zero attached hydrogens (tertiary/aromatic N) is 2. The molecule has 0 fully saturated rings. The summed E-state index contributed by atoms with van der Waals surface area (Å²) in [5.74, 6) is 0.462. The molecule has 12 heteroatoms. The first-order valence-electron chi connectivity index (χ1n) is 9.93. The molecule has 1 heterocycles. The summed E-state index contributed by atoms with van der Waals surface area (Å²) in [6.07, 6.45) is 0. The van der Waals surface area contributed by atoms with Gasteiger partial charge < -0.3 is 19.5 Å². The molecule has 0 saturated carbocycles. The summed E-state index contributed by atoms with van der Waals surface area (Å²) in [5.41, 5.74) is 0.516. The second-order valence-corrected chi connectivity index (χ2v) is 7.74. The van der Waals surface area contributed by atoms with Gasteiger partial charge in [-0.15, -0.1) is 36.2 Å². The van der Waals surface area contributed by atoms with Gasteiger partial charge in [0, 0.05) is 36.6 Å². The summed E-state index contributed by atoms with van der Waals surface area (Å²) in [7, 11) is 4.45. The van der Waals surface area contributed by atoms with Crippen LogP contribution < -0.4 is 24.8 Å². The SMILES string of the molecule is CCN(CCNC(=O)c1csc(NC(=O)c2cc(OC)c(OC)cc2OC)n1)C(C)C.Cl.Cl. The van der Waals surface area contributed by atoms with E-state index >= 15 is 0 Å². The molecule has 2 N–H and O–H groups in total. The number of amides is 2. The quantitative estimate of drug-likeness (QED) is 0.463. The molecule has 0 saturated heterocycles. The first kappa shape index (κ1) is 30.7. The van der Waals surface area contributed by atoms with E-state index in [0.717, 1.165) is 13.1 Å². The van der Waals surface area contributed by atoms with E-state index < -0.39 is 5.91 Å². The van der Waals surface area contributed by atoms with E-state index in [1.807, 2.05) is 0 Å². The third kappa shape index (κ3) is 8.22. The van der Waals surface area contributed by atoms with E-state index in [9.17, 15) is 9.59 Å². The maximum absolute atomic E-state index is 12.8. The molecular weight excluding hydrogens is 491 g/mol. The Kier molecular flexibility index (Phi) is 13.8. The fourth-order valence-electron chi connectivity index (χ4n) is 2.99. The number of likely N-dealkylation sites (N-methyl/N-ethyl adjacent to an activating group) is 1. The van der Waals surface area contributed by atoms with Crippen LogP contribution >= 0.6 is 36.2 Å². The Bertz CT molecular complexity index is 911. The largest absolute Gasteiger partial charge is 0.496 e. The van der Waals surface area contributed by atoms with Crippen molar-refractivity contribution in [3.8, 4) is 17.2 Å². The number of carbonyl (C=O) groups is 2. The molecule has 0 aliphatic heterocycles. The van der Waals surface area contributed by atoms with Gasteiger partial charge in [-0.2, -0.15) is 0 Å². The Hall–Kier alpha value is -2.27. The summed E-state index contributed by atoms with van der Waals surface area (Å²) >= 11 is 1.17. The van der Waals surface area contributed by atoms with E-state index in [1.165, 1.54) is 38.7 Å². The Morgan fingerprint density at radius 1 is 1.03 bits per heavy atom. The molecular formula is C21H32Cl2N4O5S. The van der Waals surface area contributed by atoms with E-state index in [-0.39, 0.29) is 42.0 Å². The molecule has 33 heavy (non-hydrogen) atoms. The van der Waals surface area contributed by atoms with Crippen LogP contribution in [0, 0.1) is 0 Å². The average Bonchev–Trinajstić information content (AvgIpc) is 3.23. The van der Waals surface area contributed by atoms with Gasteiger partial charge in [-0.3, -0.25) is 19.8 Å². The van der Waals surface area contributed by atoms with Crippen LogP contribution in [0.1, 0.15) is 41.6 Å². The Morgan fingerprint density at radius 3 is 2.18 bits per heavy atom. The van der Waals surface area contributed by atoms with E-state index in [0.29, 0.717) is 35.0 Å². The highest BCUT2D eigenvalue weighted by atomic mass is 35.5. The van der Waals surface area contributed by atoms with Crippen molar-refractivity contribution in [1.82, 2.24) is 15.2 Å². The smallest absolute Gasteiger partial charge is 0.270 e. The van der Waals surface area contributed by atoms with Crippen LogP contribution in [0.5, 0.6) is 17.2 Å². The van der Waals surface area contributed by atoms with Crippen molar-refractivity contribution in [1.29, 1.82) is 0 Å². The van der Waals surface area contributed by atoms with E-state index in [1.54, 1.807) is 11.4 Å². The fourth-order valence-corrected chi connectivity index (χ4v) is 3.68. The highest BCUT2D eigenvalue weighted by Crippen LogP contribution is 2.35. The van der Waals surface area contributed by atoms with Crippen LogP contribution in [-0.4, -0.2) is 68.7 Å². The average molecular weight is 523 g/mol. The Labute approximate surface area is 211 Å². The summed E-state index contributed by atoms with van der Waals surface area (Å²) in [6, 6.07) is 3.52. The molecule has 9 nitrogen and oxygen atoms in total. The van der Waals surface area contributed by atoms with Crippen molar-refractivity contribution in [2.45, 2.75) is 26.8 Å². The third-order valence-corrected chi connectivity index (χ3v) is 5.49. The van der Waals surface area contributed by atoms with Crippen molar-refractivity contribution in [2.24, 2.45) is 0 Å². The number of methoxy groups -OCH3 is 3. The van der Waals surface area contributed by atoms with Gasteiger partial charge in [0.1, 0.15) is 11.4 Å². The second kappa shape index (κ2) is 14.8. The summed E-state index contributed by atoms with van der Waals surface area (Å²) < 4.78 is 15.8. The number of hydrogen-bond acceptors (Lipinski definition) is 8. The van der Waals surface area contributed by atoms with Crippen LogP contribution in [0.3, 0.4) is 0 Å². The first-order chi connectivity index (χ1) is 14.8. The van der Waals surface area contributed by atoms with Crippen LogP contribution in [0.25, 0.3) is 0 Å². The zero-order valence-corrected chi connectivity index (χ0v) is 22.0. The molecule has 0 atom stereocenters. The zero-order chi connectivity index (χ0) is 23.0. The number of rotatable bonds is 11. The third-order valence-electron chi connectivity index (χ3n) is 4.73. The molecule has 186 valence electrons. The minimum atomic E-state index is -0.436. The van der Waals surface area contributed by atoms with Crippen LogP contribution in [0.4, 0.5) is 5.13 Å². The summed E-state index contributed by atoms with van der Waals surface area (Å²) in [6.45, 7) is 8.52. The molecule has 1 aromatic heterocycles. The molecule has 0 spiro atoms. The fraction of sp³-hybridized carbons (Fsp3) is 0.476. The topological polar surface area (TPSA) is 102 Å². The van der Waals surface area contributed by atoms with Gasteiger partial charge in [0.25, 0.3) is 11.8 Å². The molecule has 0 aliphatic rings. The van der Waals surface area contributed by atoms with Gasteiger partial charge in [0.2, 0.25) is 0 Å². The van der Waals surface area contributed by atoms with Gasteiger partial charge in [0.05, 0.1) is 26.9 Å². The first-order valence-corrected chi connectivity index (χ1v) is 10.8. The number of ether oxygens (including phenoxy) is 3. The summed E-state index contributed by atoms with van der Waals surface area (Å²) in [4.78, 5) is 31.6. The lowest BCUT2D eigenvalue weighted by molar-refractivity contribution is 0.0940. The van der Waals surface area contributed by atoms with Gasteiger partial charge in [-0.1, -0.05) is 6.92 Å². The number of thiazole rings is 1. The molecule has 2 amide bonds. The van der Waals surface area contributed by atoms with E-state index in [2.05, 4.69) is 41.3 Å². The molecule has 0 unspecified atom stereocenters. The Morgan fingerprint density at radius 2 is 1.64 bits per heavy atom. The van der Waals surface area contributed by atoms with Crippen LogP contribution in [0.15, 0.2) is 17.5 Å². The molecule has 2 aromatic rings. The maximum atomic E-state index is 12.8. The van der Waals surface area contributed by atoms with Crippen molar-refractivity contribution in [3.63, 3.8) is 0 Å². The Balaban J connectivity index is 0.00000512. The second-order valence-electron chi connectivity index (χ2n) is 6.88. The molecule has 0 radical (unpaired) electrons. The number of anilines is 1. The molecule has 1 aromatic carbocycles. The highest BCUT2D eigenvalue weighted by Gasteiger charge is 2.20. The lowest BCUT2D eigenvalue weighted by atomic mass is 10.1. The molecule has 0 aliphatic carbocycles. The number of nitrogens with one attached hydrogen (secondary N) is 2. The van der Waals surface area contributed by atoms with E-state index in [4.69, 9.17) is 14.2 Å².